The molecule has 20 heavy (non-hydrogen) atoms. The highest BCUT2D eigenvalue weighted by atomic mass is 19.1. The van der Waals surface area contributed by atoms with Crippen molar-refractivity contribution in [3.05, 3.63) is 29.8 Å². The van der Waals surface area contributed by atoms with E-state index in [1.807, 2.05) is 0 Å². The average molecular weight is 280 g/mol. The van der Waals surface area contributed by atoms with Gasteiger partial charge in [0.1, 0.15) is 17.7 Å². The zero-order valence-electron chi connectivity index (χ0n) is 10.7. The van der Waals surface area contributed by atoms with Crippen LogP contribution in [0.2, 0.25) is 0 Å². The van der Waals surface area contributed by atoms with E-state index in [9.17, 15) is 13.6 Å². The molecule has 0 radical (unpaired) electrons. The number of benzene rings is 1. The van der Waals surface area contributed by atoms with Crippen LogP contribution in [0.25, 0.3) is 0 Å². The molecule has 7 heteroatoms. The summed E-state index contributed by atoms with van der Waals surface area (Å²) in [4.78, 5) is 13.6. The molecule has 1 amide bonds. The second-order valence-electron chi connectivity index (χ2n) is 4.53. The van der Waals surface area contributed by atoms with Crippen LogP contribution < -0.4 is 10.6 Å². The maximum atomic E-state index is 13.0. The first-order valence-corrected chi connectivity index (χ1v) is 6.19. The van der Waals surface area contributed by atoms with Crippen molar-refractivity contribution < 1.29 is 13.6 Å². The first kappa shape index (κ1) is 14.4. The second kappa shape index (κ2) is 6.41. The lowest BCUT2D eigenvalue weighted by Crippen LogP contribution is -2.52. The Kier molecular flexibility index (Phi) is 4.61. The van der Waals surface area contributed by atoms with E-state index < -0.39 is 17.5 Å². The molecule has 2 N–H and O–H groups in total. The van der Waals surface area contributed by atoms with E-state index in [4.69, 9.17) is 5.26 Å². The number of piperazine rings is 1. The minimum atomic E-state index is -0.752. The maximum Gasteiger partial charge on any atom is 0.238 e. The van der Waals surface area contributed by atoms with Crippen LogP contribution in [0.15, 0.2) is 18.2 Å². The van der Waals surface area contributed by atoms with E-state index in [0.717, 1.165) is 18.2 Å². The Balaban J connectivity index is 1.96. The van der Waals surface area contributed by atoms with E-state index in [1.165, 1.54) is 0 Å². The van der Waals surface area contributed by atoms with Gasteiger partial charge < -0.3 is 10.6 Å². The van der Waals surface area contributed by atoms with E-state index in [-0.39, 0.29) is 18.3 Å². The van der Waals surface area contributed by atoms with Crippen LogP contribution in [0.3, 0.4) is 0 Å². The van der Waals surface area contributed by atoms with Crippen molar-refractivity contribution in [1.82, 2.24) is 10.2 Å². The Hall–Kier alpha value is -2.04. The van der Waals surface area contributed by atoms with Gasteiger partial charge in [0.15, 0.2) is 0 Å². The Morgan fingerprint density at radius 1 is 1.45 bits per heavy atom. The molecule has 0 spiro atoms. The molecule has 0 aromatic heterocycles. The summed E-state index contributed by atoms with van der Waals surface area (Å²) in [6.45, 7) is 1.78. The number of amides is 1. The maximum absolute atomic E-state index is 13.0. The normalized spacial score (nSPS) is 19.4. The molecule has 1 atom stereocenters. The summed E-state index contributed by atoms with van der Waals surface area (Å²) in [6, 6.07) is 4.55. The highest BCUT2D eigenvalue weighted by Crippen LogP contribution is 2.13. The fourth-order valence-corrected chi connectivity index (χ4v) is 2.07. The number of nitrogens with one attached hydrogen (secondary N) is 2. The number of nitrogens with zero attached hydrogens (tertiary/aromatic N) is 2. The molecule has 1 heterocycles. The third kappa shape index (κ3) is 3.73. The molecule has 0 saturated carbocycles. The molecule has 2 rings (SSSR count). The highest BCUT2D eigenvalue weighted by molar-refractivity contribution is 5.92. The molecular weight excluding hydrogens is 266 g/mol. The lowest BCUT2D eigenvalue weighted by molar-refractivity contribution is -0.117. The van der Waals surface area contributed by atoms with E-state index in [1.54, 1.807) is 4.90 Å². The summed E-state index contributed by atoms with van der Waals surface area (Å²) in [5.74, 6) is -1.91. The van der Waals surface area contributed by atoms with Gasteiger partial charge in [0.2, 0.25) is 5.91 Å². The number of anilines is 1. The number of carbonyl (C=O) groups is 1. The largest absolute Gasteiger partial charge is 0.325 e. The summed E-state index contributed by atoms with van der Waals surface area (Å²) in [7, 11) is 0. The molecule has 1 aromatic rings. The predicted octanol–water partition coefficient (Wildman–Crippen LogP) is 0.701. The number of hydrogen-bond donors (Lipinski definition) is 2. The standard InChI is InChI=1S/C13H14F2N4O/c14-9-3-10(15)5-11(4-9)18-13(20)8-19-2-1-17-7-12(19)6-16/h3-5,12,17H,1-2,7-8H2,(H,18,20). The van der Waals surface area contributed by atoms with Gasteiger partial charge in [-0.3, -0.25) is 9.69 Å². The summed E-state index contributed by atoms with van der Waals surface area (Å²) >= 11 is 0. The molecule has 5 nitrogen and oxygen atoms in total. The summed E-state index contributed by atoms with van der Waals surface area (Å²) in [6.07, 6.45) is 0. The Morgan fingerprint density at radius 3 is 2.80 bits per heavy atom. The number of hydrogen-bond acceptors (Lipinski definition) is 4. The molecule has 1 aliphatic rings. The van der Waals surface area contributed by atoms with Gasteiger partial charge in [0.05, 0.1) is 12.6 Å². The molecule has 1 saturated heterocycles. The number of rotatable bonds is 3. The number of halogens is 2. The van der Waals surface area contributed by atoms with Crippen molar-refractivity contribution in [3.63, 3.8) is 0 Å². The molecule has 1 fully saturated rings. The monoisotopic (exact) mass is 280 g/mol. The molecule has 0 bridgehead atoms. The van der Waals surface area contributed by atoms with Gasteiger partial charge in [0, 0.05) is 31.4 Å². The van der Waals surface area contributed by atoms with Crippen LogP contribution in [0.5, 0.6) is 0 Å². The Bertz CT molecular complexity index is 523. The van der Waals surface area contributed by atoms with Gasteiger partial charge in [-0.05, 0) is 12.1 Å². The molecule has 0 aliphatic carbocycles. The van der Waals surface area contributed by atoms with Crippen molar-refractivity contribution in [2.75, 3.05) is 31.5 Å². The van der Waals surface area contributed by atoms with Crippen molar-refractivity contribution in [1.29, 1.82) is 5.26 Å². The van der Waals surface area contributed by atoms with Crippen molar-refractivity contribution in [2.45, 2.75) is 6.04 Å². The fourth-order valence-electron chi connectivity index (χ4n) is 2.07. The molecular formula is C13H14F2N4O. The SMILES string of the molecule is N#CC1CNCCN1CC(=O)Nc1cc(F)cc(F)c1. The van der Waals surface area contributed by atoms with Gasteiger partial charge in [-0.15, -0.1) is 0 Å². The first-order valence-electron chi connectivity index (χ1n) is 6.19. The van der Waals surface area contributed by atoms with E-state index in [2.05, 4.69) is 16.7 Å². The Labute approximate surface area is 115 Å². The van der Waals surface area contributed by atoms with Crippen molar-refractivity contribution >= 4 is 11.6 Å². The van der Waals surface area contributed by atoms with Crippen LogP contribution in [0.1, 0.15) is 0 Å². The minimum absolute atomic E-state index is 0.0119. The lowest BCUT2D eigenvalue weighted by Gasteiger charge is -2.31. The molecule has 1 aromatic carbocycles. The fraction of sp³-hybridized carbons (Fsp3) is 0.385. The van der Waals surface area contributed by atoms with Gasteiger partial charge in [0.25, 0.3) is 0 Å². The summed E-state index contributed by atoms with van der Waals surface area (Å²) < 4.78 is 26.0. The van der Waals surface area contributed by atoms with Crippen LogP contribution in [0, 0.1) is 23.0 Å². The number of carbonyl (C=O) groups excluding carboxylic acids is 1. The quantitative estimate of drug-likeness (QED) is 0.855. The number of nitriles is 1. The zero-order chi connectivity index (χ0) is 14.5. The topological polar surface area (TPSA) is 68.2 Å². The van der Waals surface area contributed by atoms with Crippen LogP contribution in [-0.4, -0.2) is 43.0 Å². The first-order chi connectivity index (χ1) is 9.58. The summed E-state index contributed by atoms with van der Waals surface area (Å²) in [5, 5.41) is 14.5. The average Bonchev–Trinajstić information content (AvgIpc) is 2.37. The van der Waals surface area contributed by atoms with Crippen LogP contribution in [0.4, 0.5) is 14.5 Å². The van der Waals surface area contributed by atoms with Gasteiger partial charge in [-0.1, -0.05) is 0 Å². The lowest BCUT2D eigenvalue weighted by atomic mass is 10.2. The highest BCUT2D eigenvalue weighted by Gasteiger charge is 2.23. The minimum Gasteiger partial charge on any atom is -0.325 e. The van der Waals surface area contributed by atoms with Crippen molar-refractivity contribution in [3.8, 4) is 6.07 Å². The van der Waals surface area contributed by atoms with Gasteiger partial charge in [-0.2, -0.15) is 5.26 Å². The van der Waals surface area contributed by atoms with Crippen LogP contribution in [-0.2, 0) is 4.79 Å². The smallest absolute Gasteiger partial charge is 0.238 e. The summed E-state index contributed by atoms with van der Waals surface area (Å²) in [5.41, 5.74) is 0.0659. The molecule has 1 aliphatic heterocycles. The van der Waals surface area contributed by atoms with Crippen LogP contribution >= 0.6 is 0 Å². The van der Waals surface area contributed by atoms with E-state index >= 15 is 0 Å². The Morgan fingerprint density at radius 2 is 2.15 bits per heavy atom. The van der Waals surface area contributed by atoms with E-state index in [0.29, 0.717) is 19.6 Å². The molecule has 1 unspecified atom stereocenters. The van der Waals surface area contributed by atoms with Gasteiger partial charge in [-0.25, -0.2) is 8.78 Å². The van der Waals surface area contributed by atoms with Gasteiger partial charge >= 0.3 is 0 Å². The molecule has 106 valence electrons. The predicted molar refractivity (Wildman–Crippen MR) is 68.8 cm³/mol. The zero-order valence-corrected chi connectivity index (χ0v) is 10.7. The third-order valence-electron chi connectivity index (χ3n) is 3.00. The second-order valence-corrected chi connectivity index (χ2v) is 4.53. The van der Waals surface area contributed by atoms with Crippen molar-refractivity contribution in [2.24, 2.45) is 0 Å². The third-order valence-corrected chi connectivity index (χ3v) is 3.00.